The standard InChI is InChI=1S/C17H22N2O3S/c1-4-6-13-12(16(20)19-17(23)18-13)9-11-7-8-14(22-5-2)15(10-11)21-3/h7-8,10H,4-6,9H2,1-3H3,(H2,18,19,20,23). The molecule has 0 spiro atoms. The average Bonchev–Trinajstić information content (AvgIpc) is 2.52. The van der Waals surface area contributed by atoms with Crippen LogP contribution in [0.5, 0.6) is 11.5 Å². The zero-order valence-corrected chi connectivity index (χ0v) is 14.5. The first-order chi connectivity index (χ1) is 11.1. The Morgan fingerprint density at radius 1 is 1.17 bits per heavy atom. The fourth-order valence-corrected chi connectivity index (χ4v) is 2.73. The van der Waals surface area contributed by atoms with E-state index in [1.54, 1.807) is 7.11 Å². The van der Waals surface area contributed by atoms with Gasteiger partial charge in [-0.25, -0.2) is 0 Å². The molecule has 0 fully saturated rings. The molecule has 1 heterocycles. The van der Waals surface area contributed by atoms with Gasteiger partial charge in [0.15, 0.2) is 16.3 Å². The number of hydrogen-bond acceptors (Lipinski definition) is 4. The Bertz CT molecular complexity index is 780. The molecule has 0 radical (unpaired) electrons. The maximum Gasteiger partial charge on any atom is 0.255 e. The summed E-state index contributed by atoms with van der Waals surface area (Å²) in [6.45, 7) is 4.57. The Balaban J connectivity index is 2.39. The number of aryl methyl sites for hydroxylation is 1. The molecule has 6 heteroatoms. The third kappa shape index (κ3) is 4.22. The number of hydrogen-bond donors (Lipinski definition) is 2. The summed E-state index contributed by atoms with van der Waals surface area (Å²) >= 11 is 5.06. The molecule has 0 aliphatic rings. The largest absolute Gasteiger partial charge is 0.493 e. The van der Waals surface area contributed by atoms with Crippen molar-refractivity contribution in [2.45, 2.75) is 33.1 Å². The van der Waals surface area contributed by atoms with Crippen LogP contribution in [0.15, 0.2) is 23.0 Å². The first kappa shape index (κ1) is 17.3. The molecule has 0 bridgehead atoms. The minimum Gasteiger partial charge on any atom is -0.493 e. The van der Waals surface area contributed by atoms with E-state index in [9.17, 15) is 4.79 Å². The van der Waals surface area contributed by atoms with Gasteiger partial charge >= 0.3 is 0 Å². The van der Waals surface area contributed by atoms with E-state index in [-0.39, 0.29) is 5.56 Å². The molecule has 1 aromatic carbocycles. The van der Waals surface area contributed by atoms with Gasteiger partial charge in [-0.2, -0.15) is 0 Å². The molecule has 2 aromatic rings. The lowest BCUT2D eigenvalue weighted by atomic mass is 10.0. The number of rotatable bonds is 7. The normalized spacial score (nSPS) is 10.6. The molecule has 0 saturated carbocycles. The third-order valence-corrected chi connectivity index (χ3v) is 3.74. The van der Waals surface area contributed by atoms with Gasteiger partial charge in [-0.3, -0.25) is 9.78 Å². The van der Waals surface area contributed by atoms with Crippen LogP contribution in [-0.2, 0) is 12.8 Å². The summed E-state index contributed by atoms with van der Waals surface area (Å²) in [5, 5.41) is 0. The summed E-state index contributed by atoms with van der Waals surface area (Å²) < 4.78 is 11.3. The van der Waals surface area contributed by atoms with Gasteiger partial charge in [0, 0.05) is 17.7 Å². The molecule has 0 atom stereocenters. The summed E-state index contributed by atoms with van der Waals surface area (Å²) in [6, 6.07) is 5.72. The van der Waals surface area contributed by atoms with Crippen LogP contribution in [0.2, 0.25) is 0 Å². The van der Waals surface area contributed by atoms with E-state index >= 15 is 0 Å². The van der Waals surface area contributed by atoms with Gasteiger partial charge in [0.1, 0.15) is 0 Å². The Hall–Kier alpha value is -2.08. The van der Waals surface area contributed by atoms with Crippen LogP contribution in [-0.4, -0.2) is 23.7 Å². The molecule has 2 N–H and O–H groups in total. The minimum atomic E-state index is -0.134. The van der Waals surface area contributed by atoms with Gasteiger partial charge in [0.2, 0.25) is 0 Å². The zero-order chi connectivity index (χ0) is 16.8. The number of ether oxygens (including phenoxy) is 2. The predicted molar refractivity (Wildman–Crippen MR) is 93.2 cm³/mol. The van der Waals surface area contributed by atoms with Crippen molar-refractivity contribution in [2.24, 2.45) is 0 Å². The first-order valence-corrected chi connectivity index (χ1v) is 8.13. The van der Waals surface area contributed by atoms with E-state index in [0.717, 1.165) is 24.1 Å². The smallest absolute Gasteiger partial charge is 0.255 e. The van der Waals surface area contributed by atoms with Crippen molar-refractivity contribution in [3.63, 3.8) is 0 Å². The molecule has 0 saturated heterocycles. The lowest BCUT2D eigenvalue weighted by Crippen LogP contribution is -2.18. The van der Waals surface area contributed by atoms with Gasteiger partial charge < -0.3 is 14.5 Å². The lowest BCUT2D eigenvalue weighted by molar-refractivity contribution is 0.310. The van der Waals surface area contributed by atoms with Crippen LogP contribution in [0.1, 0.15) is 37.1 Å². The number of methoxy groups -OCH3 is 1. The monoisotopic (exact) mass is 334 g/mol. The molecular formula is C17H22N2O3S. The van der Waals surface area contributed by atoms with Crippen LogP contribution < -0.4 is 15.0 Å². The van der Waals surface area contributed by atoms with E-state index < -0.39 is 0 Å². The third-order valence-electron chi connectivity index (χ3n) is 3.54. The Morgan fingerprint density at radius 2 is 1.96 bits per heavy atom. The van der Waals surface area contributed by atoms with Crippen molar-refractivity contribution in [2.75, 3.05) is 13.7 Å². The van der Waals surface area contributed by atoms with Gasteiger partial charge in [-0.15, -0.1) is 0 Å². The summed E-state index contributed by atoms with van der Waals surface area (Å²) in [6.07, 6.45) is 2.24. The highest BCUT2D eigenvalue weighted by Gasteiger charge is 2.11. The van der Waals surface area contributed by atoms with Crippen LogP contribution >= 0.6 is 12.2 Å². The number of nitrogens with one attached hydrogen (secondary N) is 2. The van der Waals surface area contributed by atoms with Crippen LogP contribution in [0, 0.1) is 4.77 Å². The summed E-state index contributed by atoms with van der Waals surface area (Å²) in [4.78, 5) is 18.0. The number of benzene rings is 1. The minimum absolute atomic E-state index is 0.134. The number of aromatic amines is 2. The highest BCUT2D eigenvalue weighted by atomic mass is 32.1. The second-order valence-corrected chi connectivity index (χ2v) is 5.62. The van der Waals surface area contributed by atoms with Crippen molar-refractivity contribution in [3.05, 3.63) is 50.1 Å². The van der Waals surface area contributed by atoms with Crippen molar-refractivity contribution in [1.29, 1.82) is 0 Å². The van der Waals surface area contributed by atoms with E-state index in [1.807, 2.05) is 25.1 Å². The SMILES string of the molecule is CCCc1[nH]c(=S)[nH]c(=O)c1Cc1ccc(OCC)c(OC)c1. The highest BCUT2D eigenvalue weighted by molar-refractivity contribution is 7.71. The van der Waals surface area contributed by atoms with Gasteiger partial charge in [0.25, 0.3) is 5.56 Å². The molecule has 5 nitrogen and oxygen atoms in total. The average molecular weight is 334 g/mol. The topological polar surface area (TPSA) is 67.1 Å². The Morgan fingerprint density at radius 3 is 2.61 bits per heavy atom. The van der Waals surface area contributed by atoms with E-state index in [0.29, 0.717) is 34.9 Å². The molecule has 0 amide bonds. The van der Waals surface area contributed by atoms with E-state index in [2.05, 4.69) is 16.9 Å². The molecule has 0 unspecified atom stereocenters. The van der Waals surface area contributed by atoms with Gasteiger partial charge in [0.05, 0.1) is 13.7 Å². The quantitative estimate of drug-likeness (QED) is 0.762. The summed E-state index contributed by atoms with van der Waals surface area (Å²) in [7, 11) is 1.61. The van der Waals surface area contributed by atoms with Crippen LogP contribution in [0.3, 0.4) is 0 Å². The zero-order valence-electron chi connectivity index (χ0n) is 13.7. The van der Waals surface area contributed by atoms with Crippen molar-refractivity contribution >= 4 is 12.2 Å². The molecule has 1 aromatic heterocycles. The van der Waals surface area contributed by atoms with Crippen molar-refractivity contribution in [1.82, 2.24) is 9.97 Å². The second-order valence-electron chi connectivity index (χ2n) is 5.21. The summed E-state index contributed by atoms with van der Waals surface area (Å²) in [5.74, 6) is 1.37. The Labute approximate surface area is 140 Å². The van der Waals surface area contributed by atoms with Crippen molar-refractivity contribution in [3.8, 4) is 11.5 Å². The second kappa shape index (κ2) is 7.97. The maximum atomic E-state index is 12.3. The molecule has 23 heavy (non-hydrogen) atoms. The van der Waals surface area contributed by atoms with Crippen LogP contribution in [0.4, 0.5) is 0 Å². The van der Waals surface area contributed by atoms with Gasteiger partial charge in [-0.1, -0.05) is 19.4 Å². The molecule has 124 valence electrons. The highest BCUT2D eigenvalue weighted by Crippen LogP contribution is 2.28. The fraction of sp³-hybridized carbons (Fsp3) is 0.412. The summed E-state index contributed by atoms with van der Waals surface area (Å²) in [5.41, 5.74) is 2.46. The van der Waals surface area contributed by atoms with E-state index in [1.165, 1.54) is 0 Å². The fourth-order valence-electron chi connectivity index (χ4n) is 2.51. The van der Waals surface area contributed by atoms with Crippen molar-refractivity contribution < 1.29 is 9.47 Å². The maximum absolute atomic E-state index is 12.3. The number of aromatic nitrogens is 2. The first-order valence-electron chi connectivity index (χ1n) is 7.73. The molecule has 0 aliphatic carbocycles. The number of H-pyrrole nitrogens is 2. The molecule has 2 rings (SSSR count). The molecule has 0 aliphatic heterocycles. The molecular weight excluding hydrogens is 312 g/mol. The van der Waals surface area contributed by atoms with Gasteiger partial charge in [-0.05, 0) is 43.3 Å². The van der Waals surface area contributed by atoms with Crippen LogP contribution in [0.25, 0.3) is 0 Å². The lowest BCUT2D eigenvalue weighted by Gasteiger charge is -2.12. The van der Waals surface area contributed by atoms with E-state index in [4.69, 9.17) is 21.7 Å². The Kier molecular flexibility index (Phi) is 5.98. The predicted octanol–water partition coefficient (Wildman–Crippen LogP) is 3.38.